The first-order valence-electron chi connectivity index (χ1n) is 18.7. The molecule has 10 nitrogen and oxygen atoms in total. The second-order valence-corrected chi connectivity index (χ2v) is 14.1. The number of aromatic nitrogens is 5. The molecular formula is C50H24N10. The molecule has 7 aromatic carbocycles. The van der Waals surface area contributed by atoms with Gasteiger partial charge in [-0.15, -0.1) is 0 Å². The zero-order valence-corrected chi connectivity index (χ0v) is 31.3. The summed E-state index contributed by atoms with van der Waals surface area (Å²) in [6.45, 7) is 0. The lowest BCUT2D eigenvalue weighted by Gasteiger charge is -2.20. The predicted octanol–water partition coefficient (Wildman–Crippen LogP) is 10.4. The topological polar surface area (TPSA) is 167 Å². The molecule has 0 aliphatic carbocycles. The lowest BCUT2D eigenvalue weighted by atomic mass is 10.0. The summed E-state index contributed by atoms with van der Waals surface area (Å²) in [5.74, 6) is 1.17. The van der Waals surface area contributed by atoms with Crippen LogP contribution in [-0.2, 0) is 0 Å². The van der Waals surface area contributed by atoms with Crippen LogP contribution in [-0.4, -0.2) is 24.1 Å². The van der Waals surface area contributed by atoms with Gasteiger partial charge < -0.3 is 9.13 Å². The molecule has 0 amide bonds. The van der Waals surface area contributed by atoms with Crippen LogP contribution in [0.1, 0.15) is 27.8 Å². The maximum atomic E-state index is 10.8. The first-order chi connectivity index (χ1) is 29.5. The Balaban J connectivity index is 1.43. The molecule has 3 aromatic heterocycles. The van der Waals surface area contributed by atoms with Crippen LogP contribution in [0.4, 0.5) is 0 Å². The first kappa shape index (κ1) is 35.0. The van der Waals surface area contributed by atoms with Crippen LogP contribution in [0.3, 0.4) is 0 Å². The van der Waals surface area contributed by atoms with Gasteiger partial charge in [-0.1, -0.05) is 60.7 Å². The van der Waals surface area contributed by atoms with Crippen molar-refractivity contribution in [3.8, 4) is 75.9 Å². The summed E-state index contributed by atoms with van der Waals surface area (Å²) in [5.41, 5.74) is 8.23. The Kier molecular flexibility index (Phi) is 8.16. The zero-order chi connectivity index (χ0) is 40.9. The molecule has 0 radical (unpaired) electrons. The third-order valence-corrected chi connectivity index (χ3v) is 10.7. The van der Waals surface area contributed by atoms with E-state index in [1.807, 2.05) is 94.1 Å². The van der Waals surface area contributed by atoms with Crippen molar-refractivity contribution < 1.29 is 0 Å². The van der Waals surface area contributed by atoms with E-state index < -0.39 is 0 Å². The molecular weight excluding hydrogens is 741 g/mol. The Hall–Kier alpha value is -9.40. The number of nitrogens with zero attached hydrogens (tertiary/aromatic N) is 10. The molecule has 10 aromatic rings. The SMILES string of the molecule is N#Cc1cc(-n2c3ccc(C#N)cc3c3cc(C#N)ccc32)c(-c2nc(-c3ccccc3)nc(-c3ccccc3)n2)c(-n2c3ccc(C#N)cc3c3cc(C#N)ccc32)c1. The third kappa shape index (κ3) is 5.57. The summed E-state index contributed by atoms with van der Waals surface area (Å²) in [6, 6.07) is 56.0. The largest absolute Gasteiger partial charge is 0.308 e. The van der Waals surface area contributed by atoms with Gasteiger partial charge in [0.2, 0.25) is 0 Å². The molecule has 0 atom stereocenters. The molecule has 0 spiro atoms. The highest BCUT2D eigenvalue weighted by Gasteiger charge is 2.26. The van der Waals surface area contributed by atoms with Gasteiger partial charge >= 0.3 is 0 Å². The van der Waals surface area contributed by atoms with Crippen LogP contribution in [0, 0.1) is 56.7 Å². The number of rotatable bonds is 5. The van der Waals surface area contributed by atoms with Gasteiger partial charge in [0.25, 0.3) is 0 Å². The van der Waals surface area contributed by atoms with Crippen molar-refractivity contribution in [2.45, 2.75) is 0 Å². The van der Waals surface area contributed by atoms with E-state index >= 15 is 0 Å². The Labute approximate surface area is 342 Å². The molecule has 0 aliphatic rings. The van der Waals surface area contributed by atoms with Crippen LogP contribution in [0.5, 0.6) is 0 Å². The van der Waals surface area contributed by atoms with E-state index in [2.05, 4.69) is 30.3 Å². The summed E-state index contributed by atoms with van der Waals surface area (Å²) < 4.78 is 4.05. The van der Waals surface area contributed by atoms with Crippen LogP contribution in [0.15, 0.2) is 146 Å². The molecule has 3 heterocycles. The van der Waals surface area contributed by atoms with Gasteiger partial charge in [0.15, 0.2) is 17.5 Å². The Bertz CT molecular complexity index is 3290. The molecule has 0 saturated heterocycles. The minimum absolute atomic E-state index is 0.312. The van der Waals surface area contributed by atoms with Crippen molar-refractivity contribution in [2.24, 2.45) is 0 Å². The highest BCUT2D eigenvalue weighted by molar-refractivity contribution is 6.12. The number of nitriles is 5. The average molecular weight is 765 g/mol. The lowest BCUT2D eigenvalue weighted by molar-refractivity contribution is 1.05. The minimum atomic E-state index is 0.312. The smallest absolute Gasteiger partial charge is 0.168 e. The van der Waals surface area contributed by atoms with Crippen molar-refractivity contribution in [3.05, 3.63) is 173 Å². The molecule has 0 N–H and O–H groups in total. The third-order valence-electron chi connectivity index (χ3n) is 10.7. The maximum Gasteiger partial charge on any atom is 0.168 e. The number of fused-ring (bicyclic) bond motifs is 6. The van der Waals surface area contributed by atoms with Crippen LogP contribution >= 0.6 is 0 Å². The molecule has 60 heavy (non-hydrogen) atoms. The van der Waals surface area contributed by atoms with Crippen molar-refractivity contribution in [1.29, 1.82) is 26.3 Å². The normalized spacial score (nSPS) is 10.9. The molecule has 0 aliphatic heterocycles. The standard InChI is InChI=1S/C50H24N10/c51-25-30-11-15-41-37(19-30)38-20-31(26-52)12-16-42(38)59(41)45-23-34(29-55)24-46(60-43-17-13-32(27-53)21-39(43)40-22-33(28-54)14-18-44(40)60)47(45)50-57-48(35-7-3-1-4-8-35)56-49(58-50)36-9-5-2-6-10-36/h1-24H. The summed E-state index contributed by atoms with van der Waals surface area (Å²) in [6.07, 6.45) is 0. The number of benzene rings is 7. The van der Waals surface area contributed by atoms with Crippen molar-refractivity contribution >= 4 is 43.6 Å². The van der Waals surface area contributed by atoms with Crippen molar-refractivity contribution in [2.75, 3.05) is 0 Å². The fraction of sp³-hybridized carbons (Fsp3) is 0. The monoisotopic (exact) mass is 764 g/mol. The van der Waals surface area contributed by atoms with Crippen molar-refractivity contribution in [3.63, 3.8) is 0 Å². The van der Waals surface area contributed by atoms with E-state index in [1.165, 1.54) is 0 Å². The van der Waals surface area contributed by atoms with E-state index in [4.69, 9.17) is 15.0 Å². The van der Waals surface area contributed by atoms with E-state index in [-0.39, 0.29) is 0 Å². The van der Waals surface area contributed by atoms with Gasteiger partial charge in [-0.3, -0.25) is 0 Å². The van der Waals surface area contributed by atoms with Crippen LogP contribution in [0.2, 0.25) is 0 Å². The Morgan fingerprint density at radius 2 is 0.650 bits per heavy atom. The fourth-order valence-corrected chi connectivity index (χ4v) is 8.02. The lowest BCUT2D eigenvalue weighted by Crippen LogP contribution is -2.08. The first-order valence-corrected chi connectivity index (χ1v) is 18.7. The molecule has 0 unspecified atom stereocenters. The molecule has 0 bridgehead atoms. The Morgan fingerprint density at radius 1 is 0.333 bits per heavy atom. The van der Waals surface area contributed by atoms with E-state index in [1.54, 1.807) is 60.7 Å². The summed E-state index contributed by atoms with van der Waals surface area (Å²) >= 11 is 0. The number of hydrogen-bond donors (Lipinski definition) is 0. The van der Waals surface area contributed by atoms with Crippen molar-refractivity contribution in [1.82, 2.24) is 24.1 Å². The van der Waals surface area contributed by atoms with Gasteiger partial charge in [-0.25, -0.2) is 15.0 Å². The summed E-state index contributed by atoms with van der Waals surface area (Å²) in [4.78, 5) is 15.4. The molecule has 0 fully saturated rings. The second kappa shape index (κ2) is 14.0. The molecule has 10 heteroatoms. The van der Waals surface area contributed by atoms with Gasteiger partial charge in [0, 0.05) is 32.7 Å². The van der Waals surface area contributed by atoms with Gasteiger partial charge in [-0.2, -0.15) is 26.3 Å². The predicted molar refractivity (Wildman–Crippen MR) is 228 cm³/mol. The molecule has 0 saturated carbocycles. The van der Waals surface area contributed by atoms with E-state index in [0.717, 1.165) is 54.7 Å². The summed E-state index contributed by atoms with van der Waals surface area (Å²) in [7, 11) is 0. The van der Waals surface area contributed by atoms with Gasteiger partial charge in [0.1, 0.15) is 0 Å². The van der Waals surface area contributed by atoms with Gasteiger partial charge in [-0.05, 0) is 84.9 Å². The van der Waals surface area contributed by atoms with E-state index in [0.29, 0.717) is 62.2 Å². The summed E-state index contributed by atoms with van der Waals surface area (Å²) in [5, 5.41) is 53.6. The number of hydrogen-bond acceptors (Lipinski definition) is 8. The maximum absolute atomic E-state index is 10.8. The highest BCUT2D eigenvalue weighted by Crippen LogP contribution is 2.43. The second-order valence-electron chi connectivity index (χ2n) is 14.1. The highest BCUT2D eigenvalue weighted by atomic mass is 15.1. The Morgan fingerprint density at radius 3 is 0.967 bits per heavy atom. The average Bonchev–Trinajstić information content (AvgIpc) is 3.82. The van der Waals surface area contributed by atoms with E-state index in [9.17, 15) is 26.3 Å². The molecule has 10 rings (SSSR count). The quantitative estimate of drug-likeness (QED) is 0.167. The molecule has 274 valence electrons. The zero-order valence-electron chi connectivity index (χ0n) is 31.3. The van der Waals surface area contributed by atoms with Crippen LogP contribution < -0.4 is 0 Å². The van der Waals surface area contributed by atoms with Crippen LogP contribution in [0.25, 0.3) is 89.2 Å². The minimum Gasteiger partial charge on any atom is -0.308 e. The van der Waals surface area contributed by atoms with Gasteiger partial charge in [0.05, 0.1) is 97.2 Å². The fourth-order valence-electron chi connectivity index (χ4n) is 8.02.